The molecule has 0 spiro atoms. The molecule has 3 aromatic carbocycles. The van der Waals surface area contributed by atoms with Crippen molar-refractivity contribution in [1.82, 2.24) is 14.1 Å². The molecule has 0 N–H and O–H groups in total. The van der Waals surface area contributed by atoms with Crippen molar-refractivity contribution in [1.29, 1.82) is 0 Å². The minimum absolute atomic E-state index is 0.00368. The van der Waals surface area contributed by atoms with Gasteiger partial charge in [0, 0.05) is 46.6 Å². The Morgan fingerprint density at radius 1 is 0.971 bits per heavy atom. The van der Waals surface area contributed by atoms with Crippen LogP contribution in [0.1, 0.15) is 28.3 Å². The van der Waals surface area contributed by atoms with Crippen LogP contribution in [0.5, 0.6) is 0 Å². The van der Waals surface area contributed by atoms with Crippen LogP contribution in [0.25, 0.3) is 22.0 Å². The van der Waals surface area contributed by atoms with Gasteiger partial charge in [0.15, 0.2) is 0 Å². The van der Waals surface area contributed by atoms with Crippen LogP contribution in [0.4, 0.5) is 0 Å². The summed E-state index contributed by atoms with van der Waals surface area (Å²) in [6.45, 7) is 0. The van der Waals surface area contributed by atoms with Crippen molar-refractivity contribution in [3.05, 3.63) is 122 Å². The number of hydrogen-bond donors (Lipinski definition) is 0. The minimum Gasteiger partial charge on any atom is -0.337 e. The molecular weight excluding hydrogens is 533 g/mol. The van der Waals surface area contributed by atoms with Crippen molar-refractivity contribution in [3.63, 3.8) is 0 Å². The van der Waals surface area contributed by atoms with E-state index < -0.39 is 0 Å². The van der Waals surface area contributed by atoms with Gasteiger partial charge in [0.2, 0.25) is 0 Å². The number of pyridine rings is 1. The second-order valence-electron chi connectivity index (χ2n) is 8.37. The third kappa shape index (κ3) is 3.95. The summed E-state index contributed by atoms with van der Waals surface area (Å²) in [6.07, 6.45) is 9.40. The summed E-state index contributed by atoms with van der Waals surface area (Å²) in [5.41, 5.74) is 6.83. The third-order valence-corrected chi connectivity index (χ3v) is 7.02. The summed E-state index contributed by atoms with van der Waals surface area (Å²) in [5.74, 6) is 2.69. The number of nitrogens with zero attached hydrogens (tertiary/aromatic N) is 3. The Morgan fingerprint density at radius 2 is 1.74 bits per heavy atom. The maximum Gasteiger partial charge on any atom is 0.251 e. The van der Waals surface area contributed by atoms with Crippen molar-refractivity contribution in [2.75, 3.05) is 0 Å². The Kier molecular flexibility index (Phi) is 5.84. The lowest BCUT2D eigenvalue weighted by Gasteiger charge is -2.21. The van der Waals surface area contributed by atoms with Crippen LogP contribution in [0.2, 0.25) is 0 Å². The molecule has 1 unspecified atom stereocenters. The smallest absolute Gasteiger partial charge is 0.251 e. The molecular formula is C29H22IN3O. The zero-order valence-electron chi connectivity index (χ0n) is 18.9. The number of rotatable bonds is 4. The summed E-state index contributed by atoms with van der Waals surface area (Å²) < 4.78 is 4.94. The van der Waals surface area contributed by atoms with Crippen LogP contribution in [-0.4, -0.2) is 14.1 Å². The van der Waals surface area contributed by atoms with Crippen molar-refractivity contribution < 1.29 is 0 Å². The van der Waals surface area contributed by atoms with Gasteiger partial charge in [-0.2, -0.15) is 0 Å². The van der Waals surface area contributed by atoms with Crippen LogP contribution in [0, 0.1) is 15.9 Å². The molecule has 5 heteroatoms. The summed E-state index contributed by atoms with van der Waals surface area (Å²) in [6, 6.07) is 24.4. The number of fused-ring (bicyclic) bond motifs is 1. The fourth-order valence-electron chi connectivity index (χ4n) is 4.51. The van der Waals surface area contributed by atoms with E-state index in [0.29, 0.717) is 0 Å². The highest BCUT2D eigenvalue weighted by Crippen LogP contribution is 2.36. The van der Waals surface area contributed by atoms with Gasteiger partial charge in [-0.1, -0.05) is 36.3 Å². The highest BCUT2D eigenvalue weighted by atomic mass is 127. The van der Waals surface area contributed by atoms with Crippen LogP contribution in [0.15, 0.2) is 90.1 Å². The number of halogens is 1. The Bertz CT molecular complexity index is 1620. The van der Waals surface area contributed by atoms with Crippen molar-refractivity contribution >= 4 is 33.5 Å². The second kappa shape index (κ2) is 8.96. The lowest BCUT2D eigenvalue weighted by atomic mass is 9.87. The van der Waals surface area contributed by atoms with E-state index >= 15 is 0 Å². The van der Waals surface area contributed by atoms with Gasteiger partial charge >= 0.3 is 0 Å². The van der Waals surface area contributed by atoms with E-state index in [-0.39, 0.29) is 11.5 Å². The quantitative estimate of drug-likeness (QED) is 0.211. The summed E-state index contributed by atoms with van der Waals surface area (Å²) in [5, 5.41) is 1.01. The van der Waals surface area contributed by atoms with Crippen molar-refractivity contribution in [2.24, 2.45) is 14.1 Å². The lowest BCUT2D eigenvalue weighted by molar-refractivity contribution is 0.793. The first-order chi connectivity index (χ1) is 16.5. The molecule has 0 aliphatic heterocycles. The normalized spacial score (nSPS) is 11.9. The SMILES string of the molecule is C#Cc1cccc(-c2cc(=O)n(C)c3ccc(C(c4ccc(I)cc4)c4cncn4C)cc23)c1. The Hall–Kier alpha value is -3.63. The standard InChI is InChI=1S/C29H22IN3O/c1-4-19-6-5-7-21(14-19)24-16-28(34)33(3)26-13-10-22(15-25(24)26)29(27-17-31-18-32(27)2)20-8-11-23(30)12-9-20/h1,5-18,29H,2-3H3. The highest BCUT2D eigenvalue weighted by molar-refractivity contribution is 14.1. The van der Waals surface area contributed by atoms with Crippen LogP contribution in [0.3, 0.4) is 0 Å². The summed E-state index contributed by atoms with van der Waals surface area (Å²) >= 11 is 2.33. The molecule has 0 aliphatic rings. The van der Waals surface area contributed by atoms with E-state index in [9.17, 15) is 4.79 Å². The molecule has 0 radical (unpaired) electrons. The number of imidazole rings is 1. The molecule has 34 heavy (non-hydrogen) atoms. The molecule has 0 aliphatic carbocycles. The van der Waals surface area contributed by atoms with Gasteiger partial charge in [-0.3, -0.25) is 4.79 Å². The predicted molar refractivity (Wildman–Crippen MR) is 146 cm³/mol. The molecule has 2 aromatic heterocycles. The number of aryl methyl sites for hydroxylation is 2. The third-order valence-electron chi connectivity index (χ3n) is 6.30. The number of terminal acetylenes is 1. The molecule has 0 saturated heterocycles. The van der Waals surface area contributed by atoms with Crippen molar-refractivity contribution in [3.8, 4) is 23.5 Å². The van der Waals surface area contributed by atoms with Gasteiger partial charge in [0.05, 0.1) is 17.8 Å². The van der Waals surface area contributed by atoms with Gasteiger partial charge in [-0.05, 0) is 81.2 Å². The Labute approximate surface area is 212 Å². The Balaban J connectivity index is 1.79. The van der Waals surface area contributed by atoms with E-state index in [4.69, 9.17) is 6.42 Å². The van der Waals surface area contributed by atoms with Gasteiger partial charge in [-0.15, -0.1) is 6.42 Å². The number of benzene rings is 3. The van der Waals surface area contributed by atoms with E-state index in [0.717, 1.165) is 38.9 Å². The second-order valence-corrected chi connectivity index (χ2v) is 9.62. The fraction of sp³-hybridized carbons (Fsp3) is 0.103. The molecule has 166 valence electrons. The summed E-state index contributed by atoms with van der Waals surface area (Å²) in [4.78, 5) is 17.2. The lowest BCUT2D eigenvalue weighted by Crippen LogP contribution is -2.16. The molecule has 0 bridgehead atoms. The fourth-order valence-corrected chi connectivity index (χ4v) is 4.87. The molecule has 0 amide bonds. The monoisotopic (exact) mass is 555 g/mol. The van der Waals surface area contributed by atoms with Gasteiger partial charge in [0.1, 0.15) is 0 Å². The average Bonchev–Trinajstić information content (AvgIpc) is 3.28. The molecule has 0 fully saturated rings. The molecule has 2 heterocycles. The number of hydrogen-bond acceptors (Lipinski definition) is 2. The largest absolute Gasteiger partial charge is 0.337 e. The first-order valence-corrected chi connectivity index (χ1v) is 12.0. The molecule has 5 aromatic rings. The zero-order valence-corrected chi connectivity index (χ0v) is 21.0. The van der Waals surface area contributed by atoms with E-state index in [1.165, 1.54) is 9.13 Å². The minimum atomic E-state index is -0.0535. The predicted octanol–water partition coefficient (Wildman–Crippen LogP) is 5.71. The average molecular weight is 555 g/mol. The van der Waals surface area contributed by atoms with Crippen LogP contribution < -0.4 is 5.56 Å². The van der Waals surface area contributed by atoms with Gasteiger partial charge < -0.3 is 9.13 Å². The van der Waals surface area contributed by atoms with Crippen LogP contribution >= 0.6 is 22.6 Å². The molecule has 4 nitrogen and oxygen atoms in total. The van der Waals surface area contributed by atoms with Gasteiger partial charge in [-0.25, -0.2) is 4.98 Å². The molecule has 1 atom stereocenters. The zero-order chi connectivity index (χ0) is 23.8. The molecule has 5 rings (SSSR count). The molecule has 0 saturated carbocycles. The topological polar surface area (TPSA) is 39.8 Å². The Morgan fingerprint density at radius 3 is 2.44 bits per heavy atom. The van der Waals surface area contributed by atoms with E-state index in [1.807, 2.05) is 57.0 Å². The van der Waals surface area contributed by atoms with Crippen LogP contribution in [-0.2, 0) is 14.1 Å². The maximum absolute atomic E-state index is 12.8. The van der Waals surface area contributed by atoms with E-state index in [2.05, 4.69) is 74.5 Å². The summed E-state index contributed by atoms with van der Waals surface area (Å²) in [7, 11) is 3.83. The van der Waals surface area contributed by atoms with Crippen molar-refractivity contribution in [2.45, 2.75) is 5.92 Å². The highest BCUT2D eigenvalue weighted by Gasteiger charge is 2.21. The first kappa shape index (κ1) is 22.2. The van der Waals surface area contributed by atoms with E-state index in [1.54, 1.807) is 10.6 Å². The number of aromatic nitrogens is 3. The van der Waals surface area contributed by atoms with Gasteiger partial charge in [0.25, 0.3) is 5.56 Å². The maximum atomic E-state index is 12.8. The first-order valence-electron chi connectivity index (χ1n) is 10.9.